The lowest BCUT2D eigenvalue weighted by atomic mass is 10.1. The number of rotatable bonds is 12. The molecule has 0 aliphatic carbocycles. The maximum atomic E-state index is 10.8. The fourth-order valence-corrected chi connectivity index (χ4v) is 2.97. The molecule has 5 atom stereocenters. The van der Waals surface area contributed by atoms with Crippen LogP contribution in [0.15, 0.2) is 0 Å². The van der Waals surface area contributed by atoms with Crippen molar-refractivity contribution >= 4 is 59.2 Å². The third-order valence-electron chi connectivity index (χ3n) is 6.49. The van der Waals surface area contributed by atoms with Crippen molar-refractivity contribution in [3.63, 3.8) is 0 Å². The summed E-state index contributed by atoms with van der Waals surface area (Å²) in [5.74, 6) is -5.57. The molecule has 49 heavy (non-hydrogen) atoms. The van der Waals surface area contributed by atoms with Gasteiger partial charge in [0.15, 0.2) is 0 Å². The minimum atomic E-state index is -0.948. The molecule has 5 unspecified atom stereocenters. The maximum Gasteiger partial charge on any atom is 0.306 e. The van der Waals surface area contributed by atoms with Crippen molar-refractivity contribution in [1.82, 2.24) is 26.2 Å². The fourth-order valence-electron chi connectivity index (χ4n) is 2.97. The Bertz CT molecular complexity index is 1070. The van der Waals surface area contributed by atoms with Crippen molar-refractivity contribution in [2.45, 2.75) is 66.7 Å². The molecule has 19 nitrogen and oxygen atoms in total. The number of hydrogen-bond acceptors (Lipinski definition) is 10. The summed E-state index contributed by atoms with van der Waals surface area (Å²) in [4.78, 5) is 106. The Balaban J connectivity index is -0.000000258. The van der Waals surface area contributed by atoms with Crippen molar-refractivity contribution in [3.8, 4) is 0 Å². The fraction of sp³-hybridized carbons (Fsp3) is 0.667. The van der Waals surface area contributed by atoms with E-state index in [0.29, 0.717) is 6.42 Å². The van der Waals surface area contributed by atoms with Crippen LogP contribution in [0.2, 0.25) is 0 Å². The van der Waals surface area contributed by atoms with Gasteiger partial charge in [-0.05, 0) is 0 Å². The summed E-state index contributed by atoms with van der Waals surface area (Å²) in [5, 5.41) is 26.1. The number of nitrogens with zero attached hydrogens (tertiary/aromatic N) is 1. The summed E-state index contributed by atoms with van der Waals surface area (Å²) in [5.41, 5.74) is 9.84. The van der Waals surface area contributed by atoms with Gasteiger partial charge >= 0.3 is 11.9 Å². The lowest BCUT2D eigenvalue weighted by Crippen LogP contribution is -2.27. The SMILES string of the molecule is CC1CC(=O)N(C)C1=O.CNC(=O)C(C)CC(=O)O.CNC(=O)CC(C)C(=O)O.CNC(=O)CC(C)C(N)=O.CNC(=O)CC(C)C(N)=O. The molecule has 0 radical (unpaired) electrons. The molecule has 0 aromatic heterocycles. The van der Waals surface area contributed by atoms with Crippen LogP contribution in [-0.4, -0.2) is 110 Å². The Morgan fingerprint density at radius 1 is 0.673 bits per heavy atom. The van der Waals surface area contributed by atoms with E-state index in [9.17, 15) is 47.9 Å². The predicted molar refractivity (Wildman–Crippen MR) is 177 cm³/mol. The van der Waals surface area contributed by atoms with Gasteiger partial charge in [0, 0.05) is 84.6 Å². The van der Waals surface area contributed by atoms with Crippen LogP contribution in [0.3, 0.4) is 0 Å². The zero-order valence-electron chi connectivity index (χ0n) is 30.0. The van der Waals surface area contributed by atoms with Crippen LogP contribution in [0.25, 0.3) is 0 Å². The number of nitrogens with one attached hydrogen (secondary N) is 4. The molecule has 282 valence electrons. The summed E-state index contributed by atoms with van der Waals surface area (Å²) in [7, 11) is 7.54. The topological polar surface area (TPSA) is 315 Å². The van der Waals surface area contributed by atoms with Crippen LogP contribution >= 0.6 is 0 Å². The third kappa shape index (κ3) is 27.7. The summed E-state index contributed by atoms with van der Waals surface area (Å²) in [6.07, 6.45) is 0.665. The molecule has 1 aliphatic heterocycles. The average molecular weight is 706 g/mol. The summed E-state index contributed by atoms with van der Waals surface area (Å²) < 4.78 is 0. The van der Waals surface area contributed by atoms with E-state index in [4.69, 9.17) is 21.7 Å². The van der Waals surface area contributed by atoms with Crippen LogP contribution in [0.4, 0.5) is 0 Å². The summed E-state index contributed by atoms with van der Waals surface area (Å²) in [6, 6.07) is 0. The summed E-state index contributed by atoms with van der Waals surface area (Å²) in [6.45, 7) is 8.09. The Labute approximate surface area is 286 Å². The van der Waals surface area contributed by atoms with E-state index in [1.54, 1.807) is 27.7 Å². The van der Waals surface area contributed by atoms with Crippen molar-refractivity contribution in [3.05, 3.63) is 0 Å². The van der Waals surface area contributed by atoms with Gasteiger partial charge in [-0.1, -0.05) is 34.6 Å². The highest BCUT2D eigenvalue weighted by atomic mass is 16.4. The molecule has 0 bridgehead atoms. The van der Waals surface area contributed by atoms with E-state index in [-0.39, 0.29) is 78.9 Å². The number of hydrogen-bond donors (Lipinski definition) is 8. The van der Waals surface area contributed by atoms with Crippen LogP contribution in [-0.2, 0) is 47.9 Å². The van der Waals surface area contributed by atoms with Crippen molar-refractivity contribution in [2.24, 2.45) is 41.1 Å². The van der Waals surface area contributed by atoms with Gasteiger partial charge in [0.25, 0.3) is 0 Å². The highest BCUT2D eigenvalue weighted by molar-refractivity contribution is 6.02. The number of carbonyl (C=O) groups is 10. The van der Waals surface area contributed by atoms with Gasteiger partial charge in [-0.3, -0.25) is 52.8 Å². The smallest absolute Gasteiger partial charge is 0.306 e. The van der Waals surface area contributed by atoms with Gasteiger partial charge in [0.05, 0.1) is 12.3 Å². The molecule has 0 aromatic rings. The Morgan fingerprint density at radius 2 is 1.02 bits per heavy atom. The number of imide groups is 1. The molecule has 10 N–H and O–H groups in total. The second kappa shape index (κ2) is 28.0. The average Bonchev–Trinajstić information content (AvgIpc) is 3.25. The lowest BCUT2D eigenvalue weighted by Gasteiger charge is -2.04. The van der Waals surface area contributed by atoms with E-state index >= 15 is 0 Å². The molecule has 1 heterocycles. The van der Waals surface area contributed by atoms with Crippen LogP contribution in [0.5, 0.6) is 0 Å². The van der Waals surface area contributed by atoms with E-state index in [2.05, 4.69) is 21.3 Å². The van der Waals surface area contributed by atoms with Crippen LogP contribution in [0, 0.1) is 29.6 Å². The molecule has 1 saturated heterocycles. The van der Waals surface area contributed by atoms with Gasteiger partial charge in [-0.2, -0.15) is 0 Å². The van der Waals surface area contributed by atoms with Gasteiger partial charge in [-0.25, -0.2) is 0 Å². The number of nitrogens with two attached hydrogens (primary N) is 2. The zero-order valence-corrected chi connectivity index (χ0v) is 30.0. The molecule has 0 aromatic carbocycles. The van der Waals surface area contributed by atoms with Crippen LogP contribution in [0.1, 0.15) is 66.7 Å². The molecule has 1 fully saturated rings. The normalized spacial score (nSPS) is 15.1. The Kier molecular flexibility index (Phi) is 29.0. The number of carbonyl (C=O) groups excluding carboxylic acids is 8. The van der Waals surface area contributed by atoms with E-state index in [1.807, 2.05) is 0 Å². The van der Waals surface area contributed by atoms with Gasteiger partial charge < -0.3 is 42.9 Å². The van der Waals surface area contributed by atoms with Crippen molar-refractivity contribution < 1.29 is 58.2 Å². The third-order valence-corrected chi connectivity index (χ3v) is 6.49. The minimum Gasteiger partial charge on any atom is -0.481 e. The van der Waals surface area contributed by atoms with Gasteiger partial charge in [0.1, 0.15) is 0 Å². The van der Waals surface area contributed by atoms with Crippen molar-refractivity contribution in [1.29, 1.82) is 0 Å². The number of aliphatic carboxylic acids is 2. The highest BCUT2D eigenvalue weighted by Gasteiger charge is 2.32. The predicted octanol–water partition coefficient (Wildman–Crippen LogP) is -1.81. The first-order chi connectivity index (χ1) is 22.4. The first kappa shape index (κ1) is 50.7. The molecule has 0 saturated carbocycles. The summed E-state index contributed by atoms with van der Waals surface area (Å²) >= 11 is 0. The van der Waals surface area contributed by atoms with Crippen LogP contribution < -0.4 is 32.7 Å². The van der Waals surface area contributed by atoms with E-state index in [1.165, 1.54) is 47.1 Å². The number of amides is 8. The monoisotopic (exact) mass is 705 g/mol. The zero-order chi connectivity index (χ0) is 39.6. The number of primary amides is 2. The largest absolute Gasteiger partial charge is 0.481 e. The number of carboxylic acid groups (broad SMARTS) is 2. The molecule has 1 rings (SSSR count). The standard InChI is InChI=1S/2C6H12N2O2.2C6H11NO3.C6H9NO2/c2*1-4(6(7)10)3-5(9)8-2;1-4(3-5(8)9)6(10)7-2;1-4(6(9)10)3-5(8)7-2;1-4-3-5(8)7(2)6(4)9/h2*4H,3H2,1-2H3,(H2,7,10)(H,8,9);4H,3H2,1-2H3,(H,7,10)(H,8,9);4H,3H2,1-2H3,(H,7,8)(H,9,10);4H,3H2,1-2H3. The molecule has 0 spiro atoms. The van der Waals surface area contributed by atoms with Crippen molar-refractivity contribution in [2.75, 3.05) is 35.2 Å². The highest BCUT2D eigenvalue weighted by Crippen LogP contribution is 2.15. The van der Waals surface area contributed by atoms with Gasteiger partial charge in [-0.15, -0.1) is 0 Å². The first-order valence-corrected chi connectivity index (χ1v) is 15.1. The second-order valence-electron chi connectivity index (χ2n) is 11.0. The number of likely N-dealkylation sites (tertiary alicyclic amines) is 1. The molecule has 1 aliphatic rings. The molecular formula is C30H55N7O12. The Hall–Kier alpha value is -5.10. The molecule has 19 heteroatoms. The number of carboxylic acids is 2. The molecular weight excluding hydrogens is 650 g/mol. The van der Waals surface area contributed by atoms with Gasteiger partial charge in [0.2, 0.25) is 47.3 Å². The van der Waals surface area contributed by atoms with E-state index < -0.39 is 35.6 Å². The molecule has 8 amide bonds. The van der Waals surface area contributed by atoms with E-state index in [0.717, 1.165) is 0 Å². The maximum absolute atomic E-state index is 10.8. The minimum absolute atomic E-state index is 0.0475. The Morgan fingerprint density at radius 3 is 1.20 bits per heavy atom. The first-order valence-electron chi connectivity index (χ1n) is 15.1. The second-order valence-corrected chi connectivity index (χ2v) is 11.0. The lowest BCUT2D eigenvalue weighted by molar-refractivity contribution is -0.143. The quantitative estimate of drug-likeness (QED) is 0.104.